The Hall–Kier alpha value is -3.72. The first-order valence-electron chi connectivity index (χ1n) is 9.42. The quantitative estimate of drug-likeness (QED) is 0.427. The summed E-state index contributed by atoms with van der Waals surface area (Å²) in [5, 5.41) is 13.9. The molecule has 0 unspecified atom stereocenters. The number of aryl methyl sites for hydroxylation is 1. The molecule has 160 valence electrons. The van der Waals surface area contributed by atoms with Crippen LogP contribution >= 0.6 is 0 Å². The molecule has 9 heteroatoms. The third-order valence-electron chi connectivity index (χ3n) is 4.68. The lowest BCUT2D eigenvalue weighted by Gasteiger charge is -2.24. The number of non-ortho nitro benzene ring substituents is 1. The summed E-state index contributed by atoms with van der Waals surface area (Å²) in [6.07, 6.45) is 0. The predicted octanol–water partition coefficient (Wildman–Crippen LogP) is 3.41. The number of anilines is 1. The maximum Gasteiger partial charge on any atom is 0.271 e. The van der Waals surface area contributed by atoms with Crippen molar-refractivity contribution in [2.45, 2.75) is 18.4 Å². The van der Waals surface area contributed by atoms with Crippen molar-refractivity contribution in [2.75, 3.05) is 10.8 Å². The Morgan fingerprint density at radius 3 is 2.35 bits per heavy atom. The summed E-state index contributed by atoms with van der Waals surface area (Å²) >= 11 is 0. The molecule has 8 nitrogen and oxygen atoms in total. The highest BCUT2D eigenvalue weighted by Gasteiger charge is 2.28. The van der Waals surface area contributed by atoms with Crippen LogP contribution in [-0.2, 0) is 21.4 Å². The first-order chi connectivity index (χ1) is 14.8. The molecule has 3 rings (SSSR count). The van der Waals surface area contributed by atoms with Crippen LogP contribution in [0, 0.1) is 17.0 Å². The number of carbonyl (C=O) groups is 1. The summed E-state index contributed by atoms with van der Waals surface area (Å²) in [4.78, 5) is 23.2. The van der Waals surface area contributed by atoms with Gasteiger partial charge in [0.05, 0.1) is 15.5 Å². The summed E-state index contributed by atoms with van der Waals surface area (Å²) in [5.74, 6) is -0.533. The molecular formula is C22H21N3O5S. The van der Waals surface area contributed by atoms with E-state index in [2.05, 4.69) is 5.32 Å². The van der Waals surface area contributed by atoms with Gasteiger partial charge in [-0.3, -0.25) is 19.2 Å². The van der Waals surface area contributed by atoms with E-state index in [4.69, 9.17) is 0 Å². The van der Waals surface area contributed by atoms with Crippen molar-refractivity contribution in [3.05, 3.63) is 100 Å². The van der Waals surface area contributed by atoms with Crippen molar-refractivity contribution in [1.29, 1.82) is 0 Å². The Bertz CT molecular complexity index is 1200. The summed E-state index contributed by atoms with van der Waals surface area (Å²) in [5.41, 5.74) is 1.66. The molecule has 1 N–H and O–H groups in total. The molecule has 0 aliphatic carbocycles. The lowest BCUT2D eigenvalue weighted by atomic mass is 10.1. The van der Waals surface area contributed by atoms with Gasteiger partial charge in [0.25, 0.3) is 15.7 Å². The SMILES string of the molecule is Cc1ccccc1CNC(=O)CN(c1cccc([N+](=O)[O-])c1)S(=O)(=O)c1ccccc1. The molecule has 1 amide bonds. The number of sulfonamides is 1. The topological polar surface area (TPSA) is 110 Å². The molecule has 0 atom stereocenters. The minimum atomic E-state index is -4.13. The first-order valence-corrected chi connectivity index (χ1v) is 10.9. The van der Waals surface area contributed by atoms with Gasteiger partial charge in [-0.2, -0.15) is 0 Å². The number of hydrogen-bond acceptors (Lipinski definition) is 5. The smallest absolute Gasteiger partial charge is 0.271 e. The number of nitrogens with zero attached hydrogens (tertiary/aromatic N) is 2. The maximum absolute atomic E-state index is 13.3. The van der Waals surface area contributed by atoms with Gasteiger partial charge in [-0.05, 0) is 36.2 Å². The molecule has 0 saturated carbocycles. The van der Waals surface area contributed by atoms with Crippen LogP contribution in [0.1, 0.15) is 11.1 Å². The van der Waals surface area contributed by atoms with E-state index in [0.717, 1.165) is 21.5 Å². The zero-order valence-corrected chi connectivity index (χ0v) is 17.6. The van der Waals surface area contributed by atoms with Crippen molar-refractivity contribution in [1.82, 2.24) is 5.32 Å². The maximum atomic E-state index is 13.3. The fourth-order valence-electron chi connectivity index (χ4n) is 2.99. The molecule has 3 aromatic carbocycles. The van der Waals surface area contributed by atoms with E-state index in [0.29, 0.717) is 0 Å². The van der Waals surface area contributed by atoms with Gasteiger partial charge in [-0.25, -0.2) is 8.42 Å². The van der Waals surface area contributed by atoms with E-state index in [1.807, 2.05) is 31.2 Å². The summed E-state index contributed by atoms with van der Waals surface area (Å²) < 4.78 is 27.4. The van der Waals surface area contributed by atoms with Gasteiger partial charge < -0.3 is 5.32 Å². The number of carbonyl (C=O) groups excluding carboxylic acids is 1. The monoisotopic (exact) mass is 439 g/mol. The van der Waals surface area contributed by atoms with Gasteiger partial charge >= 0.3 is 0 Å². The predicted molar refractivity (Wildman–Crippen MR) is 117 cm³/mol. The Labute approximate surface area is 180 Å². The number of rotatable bonds is 8. The number of amides is 1. The van der Waals surface area contributed by atoms with E-state index < -0.39 is 27.4 Å². The second-order valence-electron chi connectivity index (χ2n) is 6.80. The highest BCUT2D eigenvalue weighted by Crippen LogP contribution is 2.26. The van der Waals surface area contributed by atoms with Gasteiger partial charge in [0.1, 0.15) is 6.54 Å². The number of nitro benzene ring substituents is 1. The minimum Gasteiger partial charge on any atom is -0.350 e. The summed E-state index contributed by atoms with van der Waals surface area (Å²) in [6, 6.07) is 20.3. The van der Waals surface area contributed by atoms with E-state index in [1.54, 1.807) is 18.2 Å². The molecule has 31 heavy (non-hydrogen) atoms. The molecule has 0 bridgehead atoms. The average Bonchev–Trinajstić information content (AvgIpc) is 2.77. The first kappa shape index (κ1) is 22.0. The van der Waals surface area contributed by atoms with Crippen LogP contribution in [0.5, 0.6) is 0 Å². The molecule has 0 fully saturated rings. The van der Waals surface area contributed by atoms with Crippen LogP contribution in [0.4, 0.5) is 11.4 Å². The molecule has 3 aromatic rings. The molecule has 0 heterocycles. The fraction of sp³-hybridized carbons (Fsp3) is 0.136. The fourth-order valence-corrected chi connectivity index (χ4v) is 4.42. The molecule has 0 spiro atoms. The molecule has 0 radical (unpaired) electrons. The Morgan fingerprint density at radius 1 is 1.00 bits per heavy atom. The summed E-state index contributed by atoms with van der Waals surface area (Å²) in [7, 11) is -4.13. The van der Waals surface area contributed by atoms with Crippen molar-refractivity contribution in [2.24, 2.45) is 0 Å². The van der Waals surface area contributed by atoms with Crippen LogP contribution in [0.25, 0.3) is 0 Å². The van der Waals surface area contributed by atoms with Crippen molar-refractivity contribution in [3.8, 4) is 0 Å². The lowest BCUT2D eigenvalue weighted by molar-refractivity contribution is -0.384. The normalized spacial score (nSPS) is 11.0. The van der Waals surface area contributed by atoms with Gasteiger partial charge in [-0.15, -0.1) is 0 Å². The van der Waals surface area contributed by atoms with Crippen LogP contribution in [0.2, 0.25) is 0 Å². The van der Waals surface area contributed by atoms with Gasteiger partial charge in [0, 0.05) is 18.7 Å². The average molecular weight is 439 g/mol. The molecule has 0 aromatic heterocycles. The van der Waals surface area contributed by atoms with Crippen molar-refractivity contribution >= 4 is 27.3 Å². The van der Waals surface area contributed by atoms with E-state index in [9.17, 15) is 23.3 Å². The Kier molecular flexibility index (Phi) is 6.66. The zero-order chi connectivity index (χ0) is 22.4. The van der Waals surface area contributed by atoms with E-state index in [1.165, 1.54) is 30.3 Å². The zero-order valence-electron chi connectivity index (χ0n) is 16.8. The highest BCUT2D eigenvalue weighted by atomic mass is 32.2. The summed E-state index contributed by atoms with van der Waals surface area (Å²) in [6.45, 7) is 1.63. The Balaban J connectivity index is 1.91. The van der Waals surface area contributed by atoms with Gasteiger partial charge in [0.15, 0.2) is 0 Å². The lowest BCUT2D eigenvalue weighted by Crippen LogP contribution is -2.40. The molecule has 0 aliphatic heterocycles. The molecular weight excluding hydrogens is 418 g/mol. The number of nitro groups is 1. The van der Waals surface area contributed by atoms with E-state index >= 15 is 0 Å². The van der Waals surface area contributed by atoms with Gasteiger partial charge in [-0.1, -0.05) is 48.5 Å². The van der Waals surface area contributed by atoms with Crippen LogP contribution in [0.3, 0.4) is 0 Å². The minimum absolute atomic E-state index is 0.0202. The third-order valence-corrected chi connectivity index (χ3v) is 6.47. The van der Waals surface area contributed by atoms with Gasteiger partial charge in [0.2, 0.25) is 5.91 Å². The second-order valence-corrected chi connectivity index (χ2v) is 8.67. The number of benzene rings is 3. The van der Waals surface area contributed by atoms with Crippen LogP contribution < -0.4 is 9.62 Å². The standard InChI is InChI=1S/C22H21N3O5S/c1-17-8-5-6-9-18(17)15-23-22(26)16-24(19-10-7-11-20(14-19)25(27)28)31(29,30)21-12-3-2-4-13-21/h2-14H,15-16H2,1H3,(H,23,26). The second kappa shape index (κ2) is 9.40. The van der Waals surface area contributed by atoms with Crippen molar-refractivity contribution < 1.29 is 18.1 Å². The van der Waals surface area contributed by atoms with Crippen LogP contribution in [-0.4, -0.2) is 25.8 Å². The number of nitrogens with one attached hydrogen (secondary N) is 1. The van der Waals surface area contributed by atoms with E-state index in [-0.39, 0.29) is 22.8 Å². The highest BCUT2D eigenvalue weighted by molar-refractivity contribution is 7.92. The van der Waals surface area contributed by atoms with Crippen LogP contribution in [0.15, 0.2) is 83.8 Å². The largest absolute Gasteiger partial charge is 0.350 e. The molecule has 0 aliphatic rings. The molecule has 0 saturated heterocycles. The van der Waals surface area contributed by atoms with Crippen molar-refractivity contribution in [3.63, 3.8) is 0 Å². The Morgan fingerprint density at radius 2 is 1.68 bits per heavy atom. The number of hydrogen-bond donors (Lipinski definition) is 1. The third kappa shape index (κ3) is 5.26.